The number of hydrogen-bond donors (Lipinski definition) is 4. The van der Waals surface area contributed by atoms with Gasteiger partial charge in [-0.05, 0) is 25.0 Å². The Morgan fingerprint density at radius 2 is 0.809 bits per heavy atom. The Bertz CT molecular complexity index is 5400. The van der Waals surface area contributed by atoms with Crippen LogP contribution in [0.15, 0.2) is 205 Å². The number of ether oxygens (including phenoxy) is 1. The number of carbonyl (C=O) groups is 4. The predicted octanol–water partition coefficient (Wildman–Crippen LogP) is 9.66. The second kappa shape index (κ2) is 42.3. The molecule has 12 aromatic rings. The molecule has 4 amide bonds. The summed E-state index contributed by atoms with van der Waals surface area (Å²) in [5.41, 5.74) is 3.80. The molecule has 0 saturated carbocycles. The van der Waals surface area contributed by atoms with Crippen molar-refractivity contribution in [3.05, 3.63) is 219 Å². The van der Waals surface area contributed by atoms with Crippen molar-refractivity contribution in [3.8, 4) is 45.3 Å². The largest absolute Gasteiger partial charge is 0.364 e. The third kappa shape index (κ3) is 26.2. The van der Waals surface area contributed by atoms with Crippen LogP contribution < -0.4 is 21.3 Å². The van der Waals surface area contributed by atoms with Gasteiger partial charge in [-0.25, -0.2) is 38.7 Å². The molecule has 0 aliphatic carbocycles. The Labute approximate surface area is 674 Å². The zero-order chi connectivity index (χ0) is 82.0. The summed E-state index contributed by atoms with van der Waals surface area (Å²) >= 11 is 2.59. The number of imidazole rings is 1. The molecule has 0 fully saturated rings. The molecule has 0 aliphatic heterocycles. The first kappa shape index (κ1) is 89.4. The highest BCUT2D eigenvalue weighted by Gasteiger charge is 2.28. The summed E-state index contributed by atoms with van der Waals surface area (Å²) in [7, 11) is -8.03. The maximum absolute atomic E-state index is 12.7. The van der Waals surface area contributed by atoms with Crippen molar-refractivity contribution in [1.29, 1.82) is 0 Å². The lowest BCUT2D eigenvalue weighted by Crippen LogP contribution is -2.32. The highest BCUT2D eigenvalue weighted by atomic mass is 32.2. The molecule has 0 bridgehead atoms. The molecule has 612 valence electrons. The average molecular weight is 1690 g/mol. The maximum Gasteiger partial charge on any atom is 0.276 e. The first-order valence-corrected chi connectivity index (χ1v) is 43.5. The van der Waals surface area contributed by atoms with Crippen LogP contribution in [0.3, 0.4) is 0 Å². The van der Waals surface area contributed by atoms with Crippen LogP contribution in [0.5, 0.6) is 0 Å². The number of methoxy groups -OCH3 is 1. The molecule has 0 saturated heterocycles. The van der Waals surface area contributed by atoms with E-state index in [2.05, 4.69) is 67.3 Å². The van der Waals surface area contributed by atoms with Gasteiger partial charge in [-0.1, -0.05) is 177 Å². The fraction of sp³-hybridized carbons (Fsp3) is 0.320. The third-order valence-corrected chi connectivity index (χ3v) is 25.9. The van der Waals surface area contributed by atoms with E-state index >= 15 is 0 Å². The minimum absolute atomic E-state index is 0. The molecule has 0 spiro atoms. The van der Waals surface area contributed by atoms with Gasteiger partial charge in [-0.2, -0.15) is 8.61 Å². The Balaban J connectivity index is 0.000000191. The number of nitrogens with zero attached hydrogens (tertiary/aromatic N) is 13. The van der Waals surface area contributed by atoms with Crippen molar-refractivity contribution in [2.24, 2.45) is 7.05 Å². The van der Waals surface area contributed by atoms with Crippen LogP contribution in [0.2, 0.25) is 0 Å². The number of rotatable bonds is 34. The van der Waals surface area contributed by atoms with E-state index in [1.54, 1.807) is 37.6 Å². The third-order valence-electron chi connectivity index (χ3n) is 16.3. The summed E-state index contributed by atoms with van der Waals surface area (Å²) in [6, 6.07) is 46.6. The van der Waals surface area contributed by atoms with Gasteiger partial charge >= 0.3 is 0 Å². The Hall–Kier alpha value is -11.1. The van der Waals surface area contributed by atoms with E-state index in [4.69, 9.17) is 22.8 Å². The Morgan fingerprint density at radius 1 is 0.470 bits per heavy atom. The minimum Gasteiger partial charge on any atom is -0.364 e. The minimum atomic E-state index is -3.66. The first-order valence-electron chi connectivity index (χ1n) is 35.3. The molecule has 0 aliphatic rings. The number of nitrogens with one attached hydrogen (secondary N) is 4. The Morgan fingerprint density at radius 3 is 1.12 bits per heavy atom. The second-order valence-electron chi connectivity index (χ2n) is 25.8. The normalized spacial score (nSPS) is 11.6. The molecule has 0 radical (unpaired) electrons. The molecule has 12 rings (SSSR count). The number of hydrogen-bond acceptors (Lipinski definition) is 28. The van der Waals surface area contributed by atoms with Gasteiger partial charge in [0.2, 0.25) is 5.16 Å². The standard InChI is InChI=1S/C20H24N4O5S.C18H21N5O4S.2C18H20N4O4S2.CH4/c1-23(30(26,27)19-10-6-13-24(19)15-28-2)12-7-11-21-20(25)17-14-18(29-22-17)16-8-4-3-5-9-16;1-22-12-10-20-18(22)28(25,26)23(2)11-6-9-19-17(24)15-13-16(27-21-15)14-7-4-3-5-8-14;2*1-12(2)18-21-20-16(27-18)11-28(24,25)9-8-19-17(23)14-10-15(26-22-14)13-6-4-3-5-7-13;/h3-6,8-10,13-14H,7,11-12,15H2,1-2H3,(H,21,25);3-5,7-8,10,12-13H,6,9,11H2,1-2H3,(H,19,24);2*3-7,10,12H,8-9,11H2,1-2H3,(H,19,23);1H4. The summed E-state index contributed by atoms with van der Waals surface area (Å²) in [6.45, 7) is 9.07. The number of aryl methyl sites for hydroxylation is 1. The van der Waals surface area contributed by atoms with Crippen LogP contribution in [-0.2, 0) is 69.7 Å². The van der Waals surface area contributed by atoms with Crippen molar-refractivity contribution in [2.75, 3.05) is 72.0 Å². The van der Waals surface area contributed by atoms with Crippen LogP contribution in [-0.4, -0.2) is 193 Å². The van der Waals surface area contributed by atoms with Gasteiger partial charge in [-0.15, -0.1) is 43.1 Å². The summed E-state index contributed by atoms with van der Waals surface area (Å²) in [4.78, 5) is 52.6. The van der Waals surface area contributed by atoms with Crippen molar-refractivity contribution in [2.45, 2.75) is 88.2 Å². The fourth-order valence-corrected chi connectivity index (χ4v) is 17.6. The van der Waals surface area contributed by atoms with E-state index in [9.17, 15) is 52.8 Å². The number of amides is 4. The van der Waals surface area contributed by atoms with E-state index in [1.807, 2.05) is 149 Å². The number of carbonyl (C=O) groups excluding carboxylic acids is 4. The van der Waals surface area contributed by atoms with Crippen LogP contribution >= 0.6 is 22.7 Å². The summed E-state index contributed by atoms with van der Waals surface area (Å²) in [5.74, 6) is -0.127. The molecular weight excluding hydrogens is 1600 g/mol. The van der Waals surface area contributed by atoms with Gasteiger partial charge in [0.15, 0.2) is 70.5 Å². The van der Waals surface area contributed by atoms with Crippen LogP contribution in [0, 0.1) is 0 Å². The zero-order valence-corrected chi connectivity index (χ0v) is 68.2. The molecule has 4 N–H and O–H groups in total. The Kier molecular flexibility index (Phi) is 32.9. The smallest absolute Gasteiger partial charge is 0.276 e. The van der Waals surface area contributed by atoms with Crippen molar-refractivity contribution in [3.63, 3.8) is 0 Å². The molecule has 8 aromatic heterocycles. The van der Waals surface area contributed by atoms with Gasteiger partial charge < -0.3 is 53.2 Å². The fourth-order valence-electron chi connectivity index (χ4n) is 10.1. The lowest BCUT2D eigenvalue weighted by atomic mass is 10.1. The topological polar surface area (TPSA) is 447 Å². The zero-order valence-electron chi connectivity index (χ0n) is 63.3. The highest BCUT2D eigenvalue weighted by molar-refractivity contribution is 7.91. The van der Waals surface area contributed by atoms with E-state index < -0.39 is 51.5 Å². The van der Waals surface area contributed by atoms with Gasteiger partial charge in [0.25, 0.3) is 43.7 Å². The number of sulfonamides is 2. The predicted molar refractivity (Wildman–Crippen MR) is 430 cm³/mol. The quantitative estimate of drug-likeness (QED) is 0.0272. The summed E-state index contributed by atoms with van der Waals surface area (Å²) in [6.07, 6.45) is 5.53. The summed E-state index contributed by atoms with van der Waals surface area (Å²) in [5, 5.41) is 44.1. The van der Waals surface area contributed by atoms with Crippen LogP contribution in [0.1, 0.15) is 122 Å². The molecule has 4 aromatic carbocycles. The van der Waals surface area contributed by atoms with Gasteiger partial charge in [0.05, 0.1) is 11.5 Å². The van der Waals surface area contributed by atoms with Gasteiger partial charge in [0.1, 0.15) is 38.3 Å². The second-order valence-corrected chi connectivity index (χ2v) is 36.3. The highest BCUT2D eigenvalue weighted by Crippen LogP contribution is 2.26. The molecular formula is C75H89N17O17S6. The van der Waals surface area contributed by atoms with Gasteiger partial charge in [-0.3, -0.25) is 19.2 Å². The van der Waals surface area contributed by atoms with E-state index in [0.717, 1.165) is 32.3 Å². The lowest BCUT2D eigenvalue weighted by Gasteiger charge is -2.18. The van der Waals surface area contributed by atoms with Crippen molar-refractivity contribution >= 4 is 86.0 Å². The molecule has 115 heavy (non-hydrogen) atoms. The van der Waals surface area contributed by atoms with Crippen molar-refractivity contribution < 1.29 is 75.7 Å². The number of sulfone groups is 2. The van der Waals surface area contributed by atoms with Crippen LogP contribution in [0.4, 0.5) is 0 Å². The van der Waals surface area contributed by atoms with Gasteiger partial charge in [0, 0.05) is 144 Å². The molecule has 8 heterocycles. The lowest BCUT2D eigenvalue weighted by molar-refractivity contribution is 0.0935. The monoisotopic (exact) mass is 1690 g/mol. The van der Waals surface area contributed by atoms with E-state index in [0.29, 0.717) is 59.0 Å². The molecule has 34 nitrogen and oxygen atoms in total. The number of benzene rings is 4. The average Bonchev–Trinajstić information content (AvgIpc) is 1.76. The van der Waals surface area contributed by atoms with E-state index in [-0.39, 0.29) is 120 Å². The first-order chi connectivity index (χ1) is 54.5. The summed E-state index contributed by atoms with van der Waals surface area (Å²) < 4.78 is 130. The SMILES string of the molecule is C.CC(C)c1nnc(CS(=O)(=O)CCNC(=O)c2cc(-c3ccccc3)on2)s1.CC(C)c1nnc(CS(=O)(=O)CCNC(=O)c2cc(-c3ccccc3)on2)s1.CN(CCCNC(=O)c1cc(-c2ccccc2)on1)S(=O)(=O)c1nccn1C.COCn1cccc1S(=O)(=O)N(C)CCCNC(=O)c1cc(-c2ccccc2)on1. The van der Waals surface area contributed by atoms with E-state index in [1.165, 1.54) is 86.0 Å². The molecule has 0 atom stereocenters. The van der Waals surface area contributed by atoms with Crippen LogP contribution in [0.25, 0.3) is 45.3 Å². The molecule has 40 heteroatoms. The van der Waals surface area contributed by atoms with Crippen molar-refractivity contribution in [1.82, 2.24) is 85.0 Å². The maximum atomic E-state index is 12.7. The molecule has 0 unspecified atom stereocenters. The number of aromatic nitrogens is 11.